The number of hydrogen-bond donors (Lipinski definition) is 0. The average molecular weight is 801 g/mol. The second-order valence-corrected chi connectivity index (χ2v) is 16.9. The number of benzene rings is 10. The number of para-hydroxylation sites is 3. The first-order valence-electron chi connectivity index (χ1n) is 21.9. The molecule has 0 radical (unpaired) electrons. The van der Waals surface area contributed by atoms with Crippen molar-refractivity contribution < 1.29 is 0 Å². The Balaban J connectivity index is 0.873. The highest BCUT2D eigenvalue weighted by Crippen LogP contribution is 2.50. The van der Waals surface area contributed by atoms with Gasteiger partial charge in [-0.25, -0.2) is 0 Å². The molecule has 10 aromatic carbocycles. The van der Waals surface area contributed by atoms with E-state index in [1.807, 2.05) is 0 Å². The predicted molar refractivity (Wildman–Crippen MR) is 264 cm³/mol. The standard InChI is InChI=1S/C61H40N2/c1-2-14-40(15-3-1)41-28-32-47(33-29-41)62-59-27-11-8-23-52(59)56-39-45(31-35-60(56)62)42-16-12-18-46(36-42)61-53-24-5-4-20-49(53)55-38-44(30-34-54(55)61)43-17-13-19-48(37-43)63-57-25-9-6-21-50(57)51-22-7-10-26-58(51)63/h1-39,61H. The smallest absolute Gasteiger partial charge is 0.0541 e. The number of rotatable bonds is 6. The van der Waals surface area contributed by atoms with Gasteiger partial charge < -0.3 is 9.13 Å². The molecule has 0 bridgehead atoms. The van der Waals surface area contributed by atoms with Gasteiger partial charge in [0, 0.05) is 38.8 Å². The van der Waals surface area contributed by atoms with Crippen molar-refractivity contribution in [1.29, 1.82) is 0 Å². The molecule has 0 saturated heterocycles. The molecule has 1 unspecified atom stereocenters. The van der Waals surface area contributed by atoms with Gasteiger partial charge in [0.05, 0.1) is 22.1 Å². The Morgan fingerprint density at radius 2 is 0.746 bits per heavy atom. The topological polar surface area (TPSA) is 9.86 Å². The summed E-state index contributed by atoms with van der Waals surface area (Å²) in [6.07, 6.45) is 0. The van der Waals surface area contributed by atoms with E-state index < -0.39 is 0 Å². The summed E-state index contributed by atoms with van der Waals surface area (Å²) in [5, 5.41) is 5.06. The SMILES string of the molecule is c1ccc(-c2ccc(-n3c4ccccc4c4cc(-c5cccc(C6c7ccccc7-c7cc(-c8cccc(-n9c%10ccccc%10c%10ccccc%109)c8)ccc76)c5)ccc43)cc2)cc1. The molecule has 1 aliphatic rings. The minimum absolute atomic E-state index is 0.138. The number of aromatic nitrogens is 2. The molecule has 0 amide bonds. The van der Waals surface area contributed by atoms with Crippen LogP contribution in [0, 0.1) is 0 Å². The van der Waals surface area contributed by atoms with E-state index in [1.54, 1.807) is 0 Å². The van der Waals surface area contributed by atoms with Crippen LogP contribution in [0.25, 0.3) is 99.5 Å². The molecular weight excluding hydrogens is 761 g/mol. The van der Waals surface area contributed by atoms with Crippen LogP contribution in [0.4, 0.5) is 0 Å². The van der Waals surface area contributed by atoms with Crippen LogP contribution in [0.3, 0.4) is 0 Å². The van der Waals surface area contributed by atoms with Crippen LogP contribution in [0.5, 0.6) is 0 Å². The van der Waals surface area contributed by atoms with Gasteiger partial charge in [0.25, 0.3) is 0 Å². The monoisotopic (exact) mass is 800 g/mol. The maximum atomic E-state index is 2.42. The van der Waals surface area contributed by atoms with Gasteiger partial charge in [-0.05, 0) is 122 Å². The summed E-state index contributed by atoms with van der Waals surface area (Å²) in [6, 6.07) is 87.2. The Hall–Kier alpha value is -8.20. The van der Waals surface area contributed by atoms with Crippen molar-refractivity contribution in [3.63, 3.8) is 0 Å². The highest BCUT2D eigenvalue weighted by molar-refractivity contribution is 6.11. The molecule has 2 aromatic heterocycles. The van der Waals surface area contributed by atoms with Crippen molar-refractivity contribution in [2.45, 2.75) is 5.92 Å². The molecule has 294 valence electrons. The Kier molecular flexibility index (Phi) is 8.01. The average Bonchev–Trinajstić information content (AvgIpc) is 4.00. The maximum Gasteiger partial charge on any atom is 0.0541 e. The first kappa shape index (κ1) is 35.5. The molecule has 12 aromatic rings. The molecule has 0 saturated carbocycles. The third kappa shape index (κ3) is 5.65. The van der Waals surface area contributed by atoms with Crippen molar-refractivity contribution in [1.82, 2.24) is 9.13 Å². The first-order chi connectivity index (χ1) is 31.2. The lowest BCUT2D eigenvalue weighted by Crippen LogP contribution is -1.99. The van der Waals surface area contributed by atoms with E-state index in [2.05, 4.69) is 246 Å². The summed E-state index contributed by atoms with van der Waals surface area (Å²) < 4.78 is 4.81. The summed E-state index contributed by atoms with van der Waals surface area (Å²) in [4.78, 5) is 0. The first-order valence-corrected chi connectivity index (χ1v) is 21.9. The third-order valence-corrected chi connectivity index (χ3v) is 13.4. The predicted octanol–water partition coefficient (Wildman–Crippen LogP) is 16.0. The van der Waals surface area contributed by atoms with Crippen LogP contribution < -0.4 is 0 Å². The van der Waals surface area contributed by atoms with E-state index in [0.717, 1.165) is 5.69 Å². The van der Waals surface area contributed by atoms with Crippen LogP contribution in [-0.2, 0) is 0 Å². The van der Waals surface area contributed by atoms with Crippen molar-refractivity contribution in [3.05, 3.63) is 253 Å². The van der Waals surface area contributed by atoms with E-state index >= 15 is 0 Å². The molecule has 1 atom stereocenters. The van der Waals surface area contributed by atoms with Gasteiger partial charge in [-0.15, -0.1) is 0 Å². The summed E-state index contributed by atoms with van der Waals surface area (Å²) in [7, 11) is 0. The zero-order valence-electron chi connectivity index (χ0n) is 34.5. The fourth-order valence-corrected chi connectivity index (χ4v) is 10.5. The Bertz CT molecular complexity index is 3680. The van der Waals surface area contributed by atoms with Crippen molar-refractivity contribution >= 4 is 43.6 Å². The Morgan fingerprint density at radius 1 is 0.254 bits per heavy atom. The van der Waals surface area contributed by atoms with Crippen molar-refractivity contribution in [2.24, 2.45) is 0 Å². The largest absolute Gasteiger partial charge is 0.309 e. The summed E-state index contributed by atoms with van der Waals surface area (Å²) in [5.74, 6) is 0.138. The highest BCUT2D eigenvalue weighted by Gasteiger charge is 2.30. The molecule has 1 aliphatic carbocycles. The molecular formula is C61H40N2. The van der Waals surface area contributed by atoms with Crippen LogP contribution >= 0.6 is 0 Å². The van der Waals surface area contributed by atoms with E-state index in [0.29, 0.717) is 0 Å². The Morgan fingerprint density at radius 3 is 1.49 bits per heavy atom. The van der Waals surface area contributed by atoms with Gasteiger partial charge in [-0.3, -0.25) is 0 Å². The fraction of sp³-hybridized carbons (Fsp3) is 0.0164. The second-order valence-electron chi connectivity index (χ2n) is 16.9. The van der Waals surface area contributed by atoms with Gasteiger partial charge in [0.2, 0.25) is 0 Å². The lowest BCUT2D eigenvalue weighted by atomic mass is 9.87. The second kappa shape index (κ2) is 14.2. The molecule has 63 heavy (non-hydrogen) atoms. The molecule has 13 rings (SSSR count). The lowest BCUT2D eigenvalue weighted by molar-refractivity contribution is 1.02. The molecule has 2 nitrogen and oxygen atoms in total. The van der Waals surface area contributed by atoms with Gasteiger partial charge in [0.15, 0.2) is 0 Å². The van der Waals surface area contributed by atoms with E-state index in [4.69, 9.17) is 0 Å². The minimum Gasteiger partial charge on any atom is -0.309 e. The minimum atomic E-state index is 0.138. The number of nitrogens with zero attached hydrogens (tertiary/aromatic N) is 2. The lowest BCUT2D eigenvalue weighted by Gasteiger charge is -2.16. The quantitative estimate of drug-likeness (QED) is 0.159. The van der Waals surface area contributed by atoms with E-state index in [-0.39, 0.29) is 5.92 Å². The van der Waals surface area contributed by atoms with E-state index in [1.165, 1.54) is 110 Å². The zero-order chi connectivity index (χ0) is 41.4. The highest BCUT2D eigenvalue weighted by atomic mass is 15.0. The summed E-state index contributed by atoms with van der Waals surface area (Å²) >= 11 is 0. The van der Waals surface area contributed by atoms with Gasteiger partial charge in [-0.2, -0.15) is 0 Å². The van der Waals surface area contributed by atoms with E-state index in [9.17, 15) is 0 Å². The molecule has 0 N–H and O–H groups in total. The molecule has 2 heterocycles. The molecule has 0 aliphatic heterocycles. The van der Waals surface area contributed by atoms with Crippen LogP contribution in [0.2, 0.25) is 0 Å². The maximum absolute atomic E-state index is 2.42. The number of hydrogen-bond acceptors (Lipinski definition) is 0. The normalized spacial score (nSPS) is 13.2. The fourth-order valence-electron chi connectivity index (χ4n) is 10.5. The third-order valence-electron chi connectivity index (χ3n) is 13.4. The molecule has 0 fully saturated rings. The van der Waals surface area contributed by atoms with Crippen molar-refractivity contribution in [2.75, 3.05) is 0 Å². The number of fused-ring (bicyclic) bond motifs is 9. The van der Waals surface area contributed by atoms with Crippen LogP contribution in [0.1, 0.15) is 22.6 Å². The van der Waals surface area contributed by atoms with Gasteiger partial charge in [0.1, 0.15) is 0 Å². The summed E-state index contributed by atoms with van der Waals surface area (Å²) in [6.45, 7) is 0. The molecule has 0 spiro atoms. The van der Waals surface area contributed by atoms with Gasteiger partial charge in [-0.1, -0.05) is 176 Å². The van der Waals surface area contributed by atoms with Gasteiger partial charge >= 0.3 is 0 Å². The Labute approximate surface area is 366 Å². The molecule has 2 heteroatoms. The van der Waals surface area contributed by atoms with Crippen LogP contribution in [-0.4, -0.2) is 9.13 Å². The van der Waals surface area contributed by atoms with Crippen LogP contribution in [0.15, 0.2) is 237 Å². The van der Waals surface area contributed by atoms with Crippen molar-refractivity contribution in [3.8, 4) is 55.9 Å². The summed E-state index contributed by atoms with van der Waals surface area (Å²) in [5.41, 5.74) is 21.2. The zero-order valence-corrected chi connectivity index (χ0v) is 34.5.